The van der Waals surface area contributed by atoms with Gasteiger partial charge in [0.25, 0.3) is 0 Å². The molecule has 0 bridgehead atoms. The first-order valence-corrected chi connectivity index (χ1v) is 7.16. The zero-order valence-electron chi connectivity index (χ0n) is 8.81. The number of hydrogen-bond donors (Lipinski definition) is 2. The Kier molecular flexibility index (Phi) is 2.02. The summed E-state index contributed by atoms with van der Waals surface area (Å²) >= 11 is 0. The van der Waals surface area contributed by atoms with E-state index < -0.39 is 9.84 Å². The van der Waals surface area contributed by atoms with Crippen LogP contribution in [0.5, 0.6) is 0 Å². The molecule has 0 saturated carbocycles. The first-order chi connectivity index (χ1) is 7.57. The summed E-state index contributed by atoms with van der Waals surface area (Å²) in [4.78, 5) is 0. The molecule has 1 aromatic heterocycles. The highest BCUT2D eigenvalue weighted by Gasteiger charge is 2.37. The molecular formula is C9H14N4O2S. The molecule has 0 aromatic carbocycles. The summed E-state index contributed by atoms with van der Waals surface area (Å²) < 4.78 is 24.1. The Morgan fingerprint density at radius 2 is 2.19 bits per heavy atom. The highest BCUT2D eigenvalue weighted by atomic mass is 32.2. The van der Waals surface area contributed by atoms with E-state index in [0.717, 1.165) is 30.8 Å². The van der Waals surface area contributed by atoms with Crippen LogP contribution in [0.3, 0.4) is 0 Å². The minimum Gasteiger partial charge on any atom is -0.382 e. The van der Waals surface area contributed by atoms with Crippen molar-refractivity contribution in [2.45, 2.75) is 19.0 Å². The van der Waals surface area contributed by atoms with E-state index in [1.54, 1.807) is 4.68 Å². The summed E-state index contributed by atoms with van der Waals surface area (Å²) in [6.45, 7) is 1.64. The maximum atomic E-state index is 11.2. The second-order valence-electron chi connectivity index (χ2n) is 4.41. The van der Waals surface area contributed by atoms with Gasteiger partial charge in [-0.3, -0.25) is 4.68 Å². The van der Waals surface area contributed by atoms with Crippen LogP contribution >= 0.6 is 0 Å². The van der Waals surface area contributed by atoms with Gasteiger partial charge in [0.1, 0.15) is 5.82 Å². The molecule has 6 nitrogen and oxygen atoms in total. The SMILES string of the molecule is Nc1nn(C2CS(=O)(=O)C2)c2c1CCNC2. The summed E-state index contributed by atoms with van der Waals surface area (Å²) in [5.74, 6) is 0.946. The number of nitrogens with one attached hydrogen (secondary N) is 1. The molecule has 1 saturated heterocycles. The zero-order valence-corrected chi connectivity index (χ0v) is 9.63. The van der Waals surface area contributed by atoms with E-state index in [1.165, 1.54) is 0 Å². The predicted octanol–water partition coefficient (Wildman–Crippen LogP) is -0.919. The standard InChI is InChI=1S/C9H14N4O2S/c10-9-7-1-2-11-3-8(7)13(12-9)6-4-16(14,15)5-6/h6,11H,1-5H2,(H2,10,12). The second-order valence-corrected chi connectivity index (χ2v) is 6.57. The lowest BCUT2D eigenvalue weighted by molar-refractivity contribution is 0.449. The second kappa shape index (κ2) is 3.21. The van der Waals surface area contributed by atoms with Crippen LogP contribution in [0.4, 0.5) is 5.82 Å². The Hall–Kier alpha value is -1.08. The highest BCUT2D eigenvalue weighted by Crippen LogP contribution is 2.29. The smallest absolute Gasteiger partial charge is 0.154 e. The maximum Gasteiger partial charge on any atom is 0.154 e. The lowest BCUT2D eigenvalue weighted by atomic mass is 10.1. The summed E-state index contributed by atoms with van der Waals surface area (Å²) in [6, 6.07) is -0.0176. The molecule has 3 rings (SSSR count). The van der Waals surface area contributed by atoms with Gasteiger partial charge in [-0.2, -0.15) is 5.10 Å². The van der Waals surface area contributed by atoms with Gasteiger partial charge in [0, 0.05) is 12.1 Å². The van der Waals surface area contributed by atoms with Crippen molar-refractivity contribution in [2.24, 2.45) is 0 Å². The van der Waals surface area contributed by atoms with E-state index in [9.17, 15) is 8.42 Å². The van der Waals surface area contributed by atoms with Gasteiger partial charge in [0.2, 0.25) is 0 Å². The Morgan fingerprint density at radius 1 is 1.44 bits per heavy atom. The first-order valence-electron chi connectivity index (χ1n) is 5.34. The molecule has 0 amide bonds. The minimum absolute atomic E-state index is 0.0176. The average molecular weight is 242 g/mol. The van der Waals surface area contributed by atoms with Gasteiger partial charge in [0.15, 0.2) is 9.84 Å². The molecule has 1 fully saturated rings. The van der Waals surface area contributed by atoms with Crippen LogP contribution in [-0.4, -0.2) is 36.2 Å². The number of anilines is 1. The lowest BCUT2D eigenvalue weighted by Crippen LogP contribution is -2.40. The van der Waals surface area contributed by atoms with Gasteiger partial charge >= 0.3 is 0 Å². The van der Waals surface area contributed by atoms with Gasteiger partial charge in [0.05, 0.1) is 23.2 Å². The molecule has 0 unspecified atom stereocenters. The maximum absolute atomic E-state index is 11.2. The normalized spacial score (nSPS) is 23.8. The van der Waals surface area contributed by atoms with Crippen LogP contribution in [0.1, 0.15) is 17.3 Å². The molecule has 1 aromatic rings. The van der Waals surface area contributed by atoms with Crippen LogP contribution in [-0.2, 0) is 22.8 Å². The fourth-order valence-electron chi connectivity index (χ4n) is 2.38. The van der Waals surface area contributed by atoms with Crippen molar-refractivity contribution in [3.8, 4) is 0 Å². The Morgan fingerprint density at radius 3 is 2.88 bits per heavy atom. The number of fused-ring (bicyclic) bond motifs is 1. The van der Waals surface area contributed by atoms with E-state index in [4.69, 9.17) is 5.73 Å². The third kappa shape index (κ3) is 1.42. The van der Waals surface area contributed by atoms with Crippen LogP contribution in [0, 0.1) is 0 Å². The van der Waals surface area contributed by atoms with Crippen molar-refractivity contribution in [1.29, 1.82) is 0 Å². The number of nitrogens with two attached hydrogens (primary N) is 1. The third-order valence-corrected chi connectivity index (χ3v) is 5.02. The molecule has 2 aliphatic rings. The summed E-state index contributed by atoms with van der Waals surface area (Å²) in [6.07, 6.45) is 0.876. The van der Waals surface area contributed by atoms with Crippen molar-refractivity contribution in [3.05, 3.63) is 11.3 Å². The van der Waals surface area contributed by atoms with Crippen LogP contribution in [0.25, 0.3) is 0 Å². The van der Waals surface area contributed by atoms with Gasteiger partial charge < -0.3 is 11.1 Å². The van der Waals surface area contributed by atoms with E-state index in [1.807, 2.05) is 0 Å². The number of sulfone groups is 1. The molecule has 3 heterocycles. The summed E-state index contributed by atoms with van der Waals surface area (Å²) in [5.41, 5.74) is 7.98. The number of hydrogen-bond acceptors (Lipinski definition) is 5. The minimum atomic E-state index is -2.82. The topological polar surface area (TPSA) is 90.0 Å². The Labute approximate surface area is 93.7 Å². The largest absolute Gasteiger partial charge is 0.382 e. The monoisotopic (exact) mass is 242 g/mol. The van der Waals surface area contributed by atoms with Crippen molar-refractivity contribution >= 4 is 15.7 Å². The molecule has 0 radical (unpaired) electrons. The van der Waals surface area contributed by atoms with E-state index in [0.29, 0.717) is 5.82 Å². The Balaban J connectivity index is 1.96. The molecular weight excluding hydrogens is 228 g/mol. The average Bonchev–Trinajstić information content (AvgIpc) is 2.53. The van der Waals surface area contributed by atoms with Gasteiger partial charge in [-0.05, 0) is 13.0 Å². The summed E-state index contributed by atoms with van der Waals surface area (Å²) in [7, 11) is -2.82. The van der Waals surface area contributed by atoms with E-state index in [2.05, 4.69) is 10.4 Å². The molecule has 16 heavy (non-hydrogen) atoms. The number of nitrogen functional groups attached to an aromatic ring is 1. The molecule has 2 aliphatic heterocycles. The lowest BCUT2D eigenvalue weighted by Gasteiger charge is -2.28. The van der Waals surface area contributed by atoms with Crippen LogP contribution in [0.2, 0.25) is 0 Å². The highest BCUT2D eigenvalue weighted by molar-refractivity contribution is 7.92. The van der Waals surface area contributed by atoms with Crippen molar-refractivity contribution in [3.63, 3.8) is 0 Å². The molecule has 7 heteroatoms. The zero-order chi connectivity index (χ0) is 11.3. The number of aromatic nitrogens is 2. The fourth-order valence-corrected chi connectivity index (χ4v) is 3.74. The Bertz CT molecular complexity index is 522. The number of nitrogens with zero attached hydrogens (tertiary/aromatic N) is 2. The molecule has 3 N–H and O–H groups in total. The van der Waals surface area contributed by atoms with E-state index >= 15 is 0 Å². The summed E-state index contributed by atoms with van der Waals surface area (Å²) in [5, 5.41) is 7.52. The molecule has 88 valence electrons. The fraction of sp³-hybridized carbons (Fsp3) is 0.667. The molecule has 0 atom stereocenters. The van der Waals surface area contributed by atoms with E-state index in [-0.39, 0.29) is 17.5 Å². The molecule has 0 aliphatic carbocycles. The predicted molar refractivity (Wildman–Crippen MR) is 59.7 cm³/mol. The van der Waals surface area contributed by atoms with Crippen LogP contribution < -0.4 is 11.1 Å². The van der Waals surface area contributed by atoms with Crippen molar-refractivity contribution < 1.29 is 8.42 Å². The van der Waals surface area contributed by atoms with Gasteiger partial charge in [-0.25, -0.2) is 8.42 Å². The van der Waals surface area contributed by atoms with Gasteiger partial charge in [-0.15, -0.1) is 0 Å². The third-order valence-electron chi connectivity index (χ3n) is 3.23. The van der Waals surface area contributed by atoms with Crippen molar-refractivity contribution in [2.75, 3.05) is 23.8 Å². The van der Waals surface area contributed by atoms with Crippen LogP contribution in [0.15, 0.2) is 0 Å². The molecule has 0 spiro atoms. The van der Waals surface area contributed by atoms with Gasteiger partial charge in [-0.1, -0.05) is 0 Å². The quantitative estimate of drug-likeness (QED) is 0.665. The first kappa shape index (κ1) is 10.1. The number of rotatable bonds is 1. The van der Waals surface area contributed by atoms with Crippen molar-refractivity contribution in [1.82, 2.24) is 15.1 Å².